The van der Waals surface area contributed by atoms with Gasteiger partial charge in [0.25, 0.3) is 0 Å². The van der Waals surface area contributed by atoms with Gasteiger partial charge in [-0.2, -0.15) is 0 Å². The van der Waals surface area contributed by atoms with Gasteiger partial charge in [-0.1, -0.05) is 6.58 Å². The summed E-state index contributed by atoms with van der Waals surface area (Å²) in [5.74, 6) is 0.197. The maximum atomic E-state index is 11.0. The van der Waals surface area contributed by atoms with E-state index in [2.05, 4.69) is 12.3 Å². The zero-order valence-corrected chi connectivity index (χ0v) is 5.97. The number of hydrogen-bond acceptors (Lipinski definition) is 1. The van der Waals surface area contributed by atoms with Gasteiger partial charge in [0.1, 0.15) is 0 Å². The van der Waals surface area contributed by atoms with Crippen LogP contribution in [0.4, 0.5) is 0 Å². The Hall–Kier alpha value is -1.01. The van der Waals surface area contributed by atoms with Crippen LogP contribution in [-0.4, -0.2) is 17.4 Å². The minimum absolute atomic E-state index is 0.197. The summed E-state index contributed by atoms with van der Waals surface area (Å²) in [5.41, 5.74) is 2.60. The van der Waals surface area contributed by atoms with Crippen molar-refractivity contribution in [3.8, 4) is 0 Å². The fraction of sp³-hybridized carbons (Fsp3) is 0.500. The molecule has 0 spiro atoms. The molecule has 10 heavy (non-hydrogen) atoms. The van der Waals surface area contributed by atoms with Crippen molar-refractivity contribution in [3.05, 3.63) is 18.5 Å². The average Bonchev–Trinajstić information content (AvgIpc) is 1.94. The zero-order valence-electron chi connectivity index (χ0n) is 5.97. The summed E-state index contributed by atoms with van der Waals surface area (Å²) >= 11 is 0. The Morgan fingerprint density at radius 1 is 1.60 bits per heavy atom. The first-order valence-corrected chi connectivity index (χ1v) is 3.50. The van der Waals surface area contributed by atoms with Crippen LogP contribution in [0.2, 0.25) is 0 Å². The second kappa shape index (κ2) is 3.23. The van der Waals surface area contributed by atoms with Crippen molar-refractivity contribution in [3.63, 3.8) is 0 Å². The number of amides is 1. The van der Waals surface area contributed by atoms with E-state index in [-0.39, 0.29) is 5.91 Å². The van der Waals surface area contributed by atoms with Crippen LogP contribution in [0.25, 0.3) is 0 Å². The third-order valence-electron chi connectivity index (χ3n) is 1.61. The number of carbonyl (C=O) groups excluding carboxylic acids is 1. The van der Waals surface area contributed by atoms with E-state index < -0.39 is 0 Å². The number of likely N-dealkylation sites (tertiary alicyclic amines) is 1. The van der Waals surface area contributed by atoms with E-state index in [4.69, 9.17) is 0 Å². The Bertz CT molecular complexity index is 180. The molecular formula is C8H11NO. The maximum absolute atomic E-state index is 11.0. The normalized spacial score (nSPS) is 18.4. The minimum Gasteiger partial charge on any atom is -0.312 e. The summed E-state index contributed by atoms with van der Waals surface area (Å²) < 4.78 is 0. The molecule has 2 heteroatoms. The first-order valence-electron chi connectivity index (χ1n) is 3.50. The Morgan fingerprint density at radius 2 is 2.40 bits per heavy atom. The number of nitrogens with zero attached hydrogens (tertiary/aromatic N) is 1. The third-order valence-corrected chi connectivity index (χ3v) is 1.61. The van der Waals surface area contributed by atoms with Gasteiger partial charge in [-0.15, -0.1) is 5.73 Å². The molecule has 1 heterocycles. The van der Waals surface area contributed by atoms with Gasteiger partial charge in [0.2, 0.25) is 5.91 Å². The third kappa shape index (κ3) is 1.49. The SMILES string of the molecule is C=C=CN1CCCCC1=O. The summed E-state index contributed by atoms with van der Waals surface area (Å²) in [5, 5.41) is 0. The zero-order chi connectivity index (χ0) is 7.40. The summed E-state index contributed by atoms with van der Waals surface area (Å²) in [6, 6.07) is 0. The molecule has 1 aliphatic rings. The number of hydrogen-bond donors (Lipinski definition) is 0. The molecule has 2 nitrogen and oxygen atoms in total. The largest absolute Gasteiger partial charge is 0.312 e. The Kier molecular flexibility index (Phi) is 2.30. The summed E-state index contributed by atoms with van der Waals surface area (Å²) in [6.45, 7) is 4.25. The van der Waals surface area contributed by atoms with Gasteiger partial charge in [0.15, 0.2) is 0 Å². The van der Waals surface area contributed by atoms with E-state index in [0.29, 0.717) is 6.42 Å². The van der Waals surface area contributed by atoms with Crippen LogP contribution in [0.3, 0.4) is 0 Å². The second-order valence-electron chi connectivity index (χ2n) is 2.38. The van der Waals surface area contributed by atoms with Crippen molar-refractivity contribution in [2.45, 2.75) is 19.3 Å². The predicted molar refractivity (Wildman–Crippen MR) is 39.3 cm³/mol. The molecule has 1 saturated heterocycles. The quantitative estimate of drug-likeness (QED) is 0.499. The van der Waals surface area contributed by atoms with E-state index in [1.54, 1.807) is 11.1 Å². The molecule has 0 bridgehead atoms. The van der Waals surface area contributed by atoms with E-state index in [9.17, 15) is 4.79 Å². The lowest BCUT2D eigenvalue weighted by Crippen LogP contribution is -2.30. The van der Waals surface area contributed by atoms with Crippen molar-refractivity contribution >= 4 is 5.91 Å². The lowest BCUT2D eigenvalue weighted by molar-refractivity contribution is -0.130. The van der Waals surface area contributed by atoms with Gasteiger partial charge in [0.05, 0.1) is 0 Å². The molecule has 54 valence electrons. The Balaban J connectivity index is 2.55. The lowest BCUT2D eigenvalue weighted by atomic mass is 10.1. The highest BCUT2D eigenvalue weighted by atomic mass is 16.2. The highest BCUT2D eigenvalue weighted by Crippen LogP contribution is 2.09. The summed E-state index contributed by atoms with van der Waals surface area (Å²) in [4.78, 5) is 12.7. The lowest BCUT2D eigenvalue weighted by Gasteiger charge is -2.21. The first-order chi connectivity index (χ1) is 4.84. The van der Waals surface area contributed by atoms with Crippen LogP contribution in [0.1, 0.15) is 19.3 Å². The van der Waals surface area contributed by atoms with Crippen molar-refractivity contribution in [1.29, 1.82) is 0 Å². The van der Waals surface area contributed by atoms with Crippen LogP contribution in [-0.2, 0) is 4.79 Å². The highest BCUT2D eigenvalue weighted by Gasteiger charge is 2.14. The Morgan fingerprint density at radius 3 is 3.00 bits per heavy atom. The Labute approximate surface area is 60.8 Å². The van der Waals surface area contributed by atoms with Gasteiger partial charge in [0, 0.05) is 19.2 Å². The highest BCUT2D eigenvalue weighted by molar-refractivity contribution is 5.77. The number of piperidine rings is 1. The maximum Gasteiger partial charge on any atom is 0.226 e. The molecule has 0 aromatic rings. The van der Waals surface area contributed by atoms with Crippen molar-refractivity contribution in [2.24, 2.45) is 0 Å². The average molecular weight is 137 g/mol. The van der Waals surface area contributed by atoms with Gasteiger partial charge in [-0.05, 0) is 12.8 Å². The summed E-state index contributed by atoms with van der Waals surface area (Å²) in [6.07, 6.45) is 4.43. The minimum atomic E-state index is 0.197. The van der Waals surface area contributed by atoms with Crippen LogP contribution < -0.4 is 0 Å². The van der Waals surface area contributed by atoms with Crippen molar-refractivity contribution < 1.29 is 4.79 Å². The molecule has 0 atom stereocenters. The van der Waals surface area contributed by atoms with Crippen LogP contribution in [0.5, 0.6) is 0 Å². The molecule has 1 aliphatic heterocycles. The molecule has 1 amide bonds. The van der Waals surface area contributed by atoms with E-state index in [0.717, 1.165) is 19.4 Å². The van der Waals surface area contributed by atoms with E-state index in [1.807, 2.05) is 0 Å². The summed E-state index contributed by atoms with van der Waals surface area (Å²) in [7, 11) is 0. The molecule has 0 unspecified atom stereocenters. The van der Waals surface area contributed by atoms with Gasteiger partial charge in [-0.3, -0.25) is 4.79 Å². The fourth-order valence-corrected chi connectivity index (χ4v) is 1.07. The smallest absolute Gasteiger partial charge is 0.226 e. The molecule has 0 saturated carbocycles. The van der Waals surface area contributed by atoms with Crippen LogP contribution in [0.15, 0.2) is 18.5 Å². The molecule has 1 fully saturated rings. The second-order valence-corrected chi connectivity index (χ2v) is 2.38. The predicted octanol–water partition coefficient (Wildman–Crippen LogP) is 1.30. The van der Waals surface area contributed by atoms with Crippen LogP contribution in [0, 0.1) is 0 Å². The standard InChI is InChI=1S/C8H11NO/c1-2-6-9-7-4-3-5-8(9)10/h6H,1,3-5,7H2. The van der Waals surface area contributed by atoms with Gasteiger partial charge < -0.3 is 4.90 Å². The first kappa shape index (κ1) is 7.10. The fourth-order valence-electron chi connectivity index (χ4n) is 1.07. The molecule has 1 rings (SSSR count). The molecular weight excluding hydrogens is 126 g/mol. The van der Waals surface area contributed by atoms with Gasteiger partial charge in [-0.25, -0.2) is 0 Å². The molecule has 0 aromatic carbocycles. The van der Waals surface area contributed by atoms with Crippen molar-refractivity contribution in [1.82, 2.24) is 4.90 Å². The van der Waals surface area contributed by atoms with E-state index in [1.165, 1.54) is 0 Å². The van der Waals surface area contributed by atoms with Gasteiger partial charge >= 0.3 is 0 Å². The van der Waals surface area contributed by atoms with E-state index >= 15 is 0 Å². The monoisotopic (exact) mass is 137 g/mol. The molecule has 0 aliphatic carbocycles. The molecule has 0 radical (unpaired) electrons. The van der Waals surface area contributed by atoms with Crippen molar-refractivity contribution in [2.75, 3.05) is 6.54 Å². The molecule has 0 N–H and O–H groups in total. The number of carbonyl (C=O) groups is 1. The number of rotatable bonds is 1. The van der Waals surface area contributed by atoms with Crippen LogP contribution >= 0.6 is 0 Å². The topological polar surface area (TPSA) is 20.3 Å². The molecule has 0 aromatic heterocycles.